The van der Waals surface area contributed by atoms with Gasteiger partial charge in [0.15, 0.2) is 0 Å². The van der Waals surface area contributed by atoms with E-state index in [-0.39, 0.29) is 11.9 Å². The van der Waals surface area contributed by atoms with E-state index in [1.165, 1.54) is 0 Å². The average Bonchev–Trinajstić information content (AvgIpc) is 3.17. The van der Waals surface area contributed by atoms with Gasteiger partial charge in [-0.25, -0.2) is 4.98 Å². The number of nitrogens with one attached hydrogen (secondary N) is 1. The van der Waals surface area contributed by atoms with Crippen molar-refractivity contribution in [1.29, 1.82) is 0 Å². The number of amides is 1. The number of rotatable bonds is 6. The molecule has 1 amide bonds. The Kier molecular flexibility index (Phi) is 5.20. The molecule has 0 aliphatic rings. The van der Waals surface area contributed by atoms with Gasteiger partial charge >= 0.3 is 0 Å². The summed E-state index contributed by atoms with van der Waals surface area (Å²) >= 11 is 0. The number of imidazole rings is 1. The molecule has 1 aromatic carbocycles. The van der Waals surface area contributed by atoms with Crippen LogP contribution in [0.2, 0.25) is 0 Å². The number of carbonyl (C=O) groups is 1. The zero-order valence-electron chi connectivity index (χ0n) is 14.0. The molecular weight excluding hydrogens is 314 g/mol. The molecule has 0 saturated carbocycles. The van der Waals surface area contributed by atoms with Gasteiger partial charge in [-0.3, -0.25) is 9.78 Å². The molecule has 0 radical (unpaired) electrons. The molecule has 3 aromatic rings. The predicted molar refractivity (Wildman–Crippen MR) is 96.0 cm³/mol. The number of pyridine rings is 1. The first-order valence-corrected chi connectivity index (χ1v) is 8.17. The third-order valence-electron chi connectivity index (χ3n) is 4.02. The third-order valence-corrected chi connectivity index (χ3v) is 4.02. The van der Waals surface area contributed by atoms with Gasteiger partial charge in [0, 0.05) is 36.4 Å². The number of aromatic nitrogens is 3. The van der Waals surface area contributed by atoms with E-state index in [0.717, 1.165) is 16.9 Å². The fourth-order valence-corrected chi connectivity index (χ4v) is 2.61. The zero-order valence-corrected chi connectivity index (χ0v) is 14.0. The molecule has 0 aliphatic carbocycles. The fraction of sp³-hybridized carbons (Fsp3) is 0.211. The summed E-state index contributed by atoms with van der Waals surface area (Å²) in [6.45, 7) is 1.94. The Morgan fingerprint density at radius 3 is 2.84 bits per heavy atom. The van der Waals surface area contributed by atoms with Gasteiger partial charge in [-0.15, -0.1) is 0 Å². The normalized spacial score (nSPS) is 13.2. The lowest BCUT2D eigenvalue weighted by Gasteiger charge is -2.18. The van der Waals surface area contributed by atoms with Crippen LogP contribution in [0.1, 0.15) is 24.2 Å². The van der Waals surface area contributed by atoms with Crippen molar-refractivity contribution in [3.05, 3.63) is 78.6 Å². The minimum Gasteiger partial charge on any atom is -0.348 e. The highest BCUT2D eigenvalue weighted by atomic mass is 16.2. The van der Waals surface area contributed by atoms with E-state index in [0.29, 0.717) is 6.42 Å². The molecule has 3 N–H and O–H groups in total. The van der Waals surface area contributed by atoms with Crippen LogP contribution in [-0.2, 0) is 11.2 Å². The molecule has 2 heterocycles. The number of carbonyl (C=O) groups excluding carboxylic acids is 1. The molecule has 0 aliphatic heterocycles. The summed E-state index contributed by atoms with van der Waals surface area (Å²) < 4.78 is 1.92. The summed E-state index contributed by atoms with van der Waals surface area (Å²) in [6.07, 6.45) is 7.46. The number of hydrogen-bond donors (Lipinski definition) is 2. The van der Waals surface area contributed by atoms with Crippen molar-refractivity contribution in [3.8, 4) is 5.69 Å². The van der Waals surface area contributed by atoms with E-state index in [9.17, 15) is 4.79 Å². The Hall–Kier alpha value is -2.99. The van der Waals surface area contributed by atoms with Crippen LogP contribution >= 0.6 is 0 Å². The number of nitrogens with two attached hydrogens (primary N) is 1. The van der Waals surface area contributed by atoms with Crippen LogP contribution in [0.5, 0.6) is 0 Å². The van der Waals surface area contributed by atoms with Gasteiger partial charge in [-0.2, -0.15) is 0 Å². The molecule has 0 bridgehead atoms. The van der Waals surface area contributed by atoms with Crippen molar-refractivity contribution in [2.24, 2.45) is 5.73 Å². The van der Waals surface area contributed by atoms with Gasteiger partial charge in [0.05, 0.1) is 18.4 Å². The highest BCUT2D eigenvalue weighted by Gasteiger charge is 2.17. The molecule has 0 spiro atoms. The van der Waals surface area contributed by atoms with Crippen LogP contribution in [-0.4, -0.2) is 26.5 Å². The number of hydrogen-bond acceptors (Lipinski definition) is 4. The van der Waals surface area contributed by atoms with Gasteiger partial charge in [-0.05, 0) is 36.8 Å². The highest BCUT2D eigenvalue weighted by Crippen LogP contribution is 2.17. The number of benzene rings is 1. The van der Waals surface area contributed by atoms with Crippen molar-refractivity contribution in [2.45, 2.75) is 25.4 Å². The largest absolute Gasteiger partial charge is 0.348 e. The Morgan fingerprint density at radius 1 is 1.24 bits per heavy atom. The molecule has 2 atom stereocenters. The molecule has 0 fully saturated rings. The van der Waals surface area contributed by atoms with Crippen LogP contribution in [0, 0.1) is 0 Å². The molecule has 2 aromatic heterocycles. The monoisotopic (exact) mass is 335 g/mol. The zero-order chi connectivity index (χ0) is 17.6. The summed E-state index contributed by atoms with van der Waals surface area (Å²) in [5, 5.41) is 2.97. The topological polar surface area (TPSA) is 85.8 Å². The van der Waals surface area contributed by atoms with Crippen LogP contribution in [0.3, 0.4) is 0 Å². The molecule has 128 valence electrons. The van der Waals surface area contributed by atoms with E-state index in [2.05, 4.69) is 15.3 Å². The Bertz CT molecular complexity index is 817. The van der Waals surface area contributed by atoms with Gasteiger partial charge in [0.25, 0.3) is 0 Å². The molecule has 1 unspecified atom stereocenters. The van der Waals surface area contributed by atoms with Crippen molar-refractivity contribution >= 4 is 5.91 Å². The molecule has 6 heteroatoms. The van der Waals surface area contributed by atoms with Crippen LogP contribution < -0.4 is 11.1 Å². The summed E-state index contributed by atoms with van der Waals surface area (Å²) in [5.74, 6) is -0.189. The van der Waals surface area contributed by atoms with E-state index < -0.39 is 6.04 Å². The standard InChI is InChI=1S/C19H21N5O/c1-14(15-5-4-7-17(11-15)24-10-9-21-13-24)23-19(25)18(20)12-16-6-2-3-8-22-16/h2-11,13-14,18H,12,20H2,1H3,(H,23,25)/t14?,18-/m1/s1. The van der Waals surface area contributed by atoms with Crippen molar-refractivity contribution in [2.75, 3.05) is 0 Å². The summed E-state index contributed by atoms with van der Waals surface area (Å²) in [4.78, 5) is 20.6. The minimum atomic E-state index is -0.630. The Morgan fingerprint density at radius 2 is 2.12 bits per heavy atom. The smallest absolute Gasteiger partial charge is 0.237 e. The van der Waals surface area contributed by atoms with Gasteiger partial charge in [0.2, 0.25) is 5.91 Å². The lowest BCUT2D eigenvalue weighted by Crippen LogP contribution is -2.43. The van der Waals surface area contributed by atoms with Crippen molar-refractivity contribution < 1.29 is 4.79 Å². The lowest BCUT2D eigenvalue weighted by atomic mass is 10.1. The second-order valence-electron chi connectivity index (χ2n) is 5.93. The van der Waals surface area contributed by atoms with E-state index >= 15 is 0 Å². The van der Waals surface area contributed by atoms with E-state index in [4.69, 9.17) is 5.73 Å². The maximum absolute atomic E-state index is 12.4. The first-order chi connectivity index (χ1) is 12.1. The first kappa shape index (κ1) is 16.9. The maximum Gasteiger partial charge on any atom is 0.237 e. The SMILES string of the molecule is CC(NC(=O)[C@H](N)Cc1ccccn1)c1cccc(-n2ccnc2)c1. The van der Waals surface area contributed by atoms with Crippen LogP contribution in [0.25, 0.3) is 5.69 Å². The highest BCUT2D eigenvalue weighted by molar-refractivity contribution is 5.82. The second-order valence-corrected chi connectivity index (χ2v) is 5.93. The lowest BCUT2D eigenvalue weighted by molar-refractivity contribution is -0.123. The summed E-state index contributed by atoms with van der Waals surface area (Å²) in [6, 6.07) is 12.8. The maximum atomic E-state index is 12.4. The summed E-state index contributed by atoms with van der Waals surface area (Å²) in [7, 11) is 0. The average molecular weight is 335 g/mol. The second kappa shape index (κ2) is 7.72. The predicted octanol–water partition coefficient (Wildman–Crippen LogP) is 2.01. The quantitative estimate of drug-likeness (QED) is 0.721. The Labute approximate surface area is 146 Å². The molecule has 3 rings (SSSR count). The third kappa shape index (κ3) is 4.30. The van der Waals surface area contributed by atoms with E-state index in [1.807, 2.05) is 60.2 Å². The van der Waals surface area contributed by atoms with Crippen LogP contribution in [0.15, 0.2) is 67.4 Å². The molecule has 6 nitrogen and oxygen atoms in total. The summed E-state index contributed by atoms with van der Waals surface area (Å²) in [5.41, 5.74) is 8.82. The van der Waals surface area contributed by atoms with Crippen molar-refractivity contribution in [1.82, 2.24) is 19.9 Å². The van der Waals surface area contributed by atoms with Gasteiger partial charge in [0.1, 0.15) is 0 Å². The van der Waals surface area contributed by atoms with Crippen LogP contribution in [0.4, 0.5) is 0 Å². The molecule has 0 saturated heterocycles. The Balaban J connectivity index is 1.64. The molecule has 25 heavy (non-hydrogen) atoms. The van der Waals surface area contributed by atoms with Gasteiger partial charge < -0.3 is 15.6 Å². The minimum absolute atomic E-state index is 0.147. The first-order valence-electron chi connectivity index (χ1n) is 8.17. The molecular formula is C19H21N5O. The fourth-order valence-electron chi connectivity index (χ4n) is 2.61. The van der Waals surface area contributed by atoms with Crippen molar-refractivity contribution in [3.63, 3.8) is 0 Å². The number of nitrogens with zero attached hydrogens (tertiary/aromatic N) is 3. The van der Waals surface area contributed by atoms with Gasteiger partial charge in [-0.1, -0.05) is 18.2 Å². The van der Waals surface area contributed by atoms with E-state index in [1.54, 1.807) is 18.7 Å².